The number of halogens is 2. The Balaban J connectivity index is 2.66. The molecule has 3 heteroatoms. The van der Waals surface area contributed by atoms with Gasteiger partial charge in [-0.3, -0.25) is 0 Å². The highest BCUT2D eigenvalue weighted by Gasteiger charge is 2.01. The van der Waals surface area contributed by atoms with E-state index < -0.39 is 0 Å². The van der Waals surface area contributed by atoms with Crippen LogP contribution in [0.4, 0.5) is 4.39 Å². The Kier molecular flexibility index (Phi) is 3.70. The summed E-state index contributed by atoms with van der Waals surface area (Å²) in [4.78, 5) is 0. The maximum Gasteiger partial charge on any atom is 0.124 e. The summed E-state index contributed by atoms with van der Waals surface area (Å²) in [6.07, 6.45) is 0.914. The molecule has 0 aliphatic rings. The SMILES string of the molecule is C[C@H](O)CCc1cc(F)cc(Cl)c1. The van der Waals surface area contributed by atoms with Gasteiger partial charge < -0.3 is 5.11 Å². The fourth-order valence-electron chi connectivity index (χ4n) is 1.13. The summed E-state index contributed by atoms with van der Waals surface area (Å²) in [7, 11) is 0. The molecule has 0 saturated carbocycles. The molecule has 0 unspecified atom stereocenters. The summed E-state index contributed by atoms with van der Waals surface area (Å²) in [5, 5.41) is 9.43. The minimum absolute atomic E-state index is 0.326. The molecule has 0 aliphatic heterocycles. The number of aryl methyl sites for hydroxylation is 1. The van der Waals surface area contributed by atoms with E-state index in [0.717, 1.165) is 5.56 Å². The zero-order valence-electron chi connectivity index (χ0n) is 7.43. The monoisotopic (exact) mass is 202 g/mol. The van der Waals surface area contributed by atoms with Crippen LogP contribution in [-0.2, 0) is 6.42 Å². The van der Waals surface area contributed by atoms with Crippen LogP contribution < -0.4 is 0 Å². The Bertz CT molecular complexity index is 266. The van der Waals surface area contributed by atoms with Crippen molar-refractivity contribution in [2.24, 2.45) is 0 Å². The Morgan fingerprint density at radius 1 is 1.46 bits per heavy atom. The molecule has 0 saturated heterocycles. The van der Waals surface area contributed by atoms with Crippen LogP contribution in [0.25, 0.3) is 0 Å². The lowest BCUT2D eigenvalue weighted by molar-refractivity contribution is 0.185. The summed E-state index contributed by atoms with van der Waals surface area (Å²) in [5.41, 5.74) is 0.825. The van der Waals surface area contributed by atoms with Crippen LogP contribution in [0.2, 0.25) is 5.02 Å². The zero-order chi connectivity index (χ0) is 9.84. The predicted molar refractivity (Wildman–Crippen MR) is 51.4 cm³/mol. The molecule has 1 N–H and O–H groups in total. The summed E-state index contributed by atoms with van der Waals surface area (Å²) in [6, 6.07) is 4.43. The molecule has 1 rings (SSSR count). The first kappa shape index (κ1) is 10.5. The third-order valence-electron chi connectivity index (χ3n) is 1.77. The van der Waals surface area contributed by atoms with E-state index >= 15 is 0 Å². The van der Waals surface area contributed by atoms with Gasteiger partial charge >= 0.3 is 0 Å². The molecule has 0 aliphatic carbocycles. The Labute approximate surface area is 82.2 Å². The van der Waals surface area contributed by atoms with Crippen LogP contribution in [0.3, 0.4) is 0 Å². The van der Waals surface area contributed by atoms with E-state index in [9.17, 15) is 4.39 Å². The second-order valence-electron chi connectivity index (χ2n) is 3.17. The molecule has 13 heavy (non-hydrogen) atoms. The van der Waals surface area contributed by atoms with Crippen molar-refractivity contribution >= 4 is 11.6 Å². The molecular formula is C10H12ClFO. The van der Waals surface area contributed by atoms with E-state index in [1.165, 1.54) is 12.1 Å². The largest absolute Gasteiger partial charge is 0.393 e. The molecule has 0 spiro atoms. The van der Waals surface area contributed by atoms with Gasteiger partial charge in [0, 0.05) is 5.02 Å². The van der Waals surface area contributed by atoms with Crippen LogP contribution in [0.15, 0.2) is 18.2 Å². The van der Waals surface area contributed by atoms with E-state index in [2.05, 4.69) is 0 Å². The Morgan fingerprint density at radius 3 is 2.69 bits per heavy atom. The van der Waals surface area contributed by atoms with Gasteiger partial charge in [0.2, 0.25) is 0 Å². The average Bonchev–Trinajstić information content (AvgIpc) is 1.99. The van der Waals surface area contributed by atoms with Crippen LogP contribution in [0.5, 0.6) is 0 Å². The molecule has 0 amide bonds. The summed E-state index contributed by atoms with van der Waals surface area (Å²) < 4.78 is 12.8. The highest BCUT2D eigenvalue weighted by Crippen LogP contribution is 2.15. The lowest BCUT2D eigenvalue weighted by Crippen LogP contribution is -2.01. The molecule has 1 aromatic rings. The van der Waals surface area contributed by atoms with Crippen molar-refractivity contribution in [3.63, 3.8) is 0 Å². The van der Waals surface area contributed by atoms with Gasteiger partial charge in [0.05, 0.1) is 6.10 Å². The predicted octanol–water partition coefficient (Wildman–Crippen LogP) is 2.79. The normalized spacial score (nSPS) is 12.9. The fraction of sp³-hybridized carbons (Fsp3) is 0.400. The number of benzene rings is 1. The summed E-state index contributed by atoms with van der Waals surface area (Å²) in [6.45, 7) is 1.71. The van der Waals surface area contributed by atoms with Gasteiger partial charge in [0.1, 0.15) is 5.82 Å². The van der Waals surface area contributed by atoms with Crippen molar-refractivity contribution < 1.29 is 9.50 Å². The first-order valence-electron chi connectivity index (χ1n) is 4.21. The number of hydrogen-bond acceptors (Lipinski definition) is 1. The summed E-state index contributed by atoms with van der Waals surface area (Å²) >= 11 is 5.66. The third-order valence-corrected chi connectivity index (χ3v) is 1.99. The van der Waals surface area contributed by atoms with E-state index in [0.29, 0.717) is 17.9 Å². The summed E-state index contributed by atoms with van der Waals surface area (Å²) in [5.74, 6) is -0.326. The zero-order valence-corrected chi connectivity index (χ0v) is 8.18. The van der Waals surface area contributed by atoms with Crippen LogP contribution in [0.1, 0.15) is 18.9 Å². The lowest BCUT2D eigenvalue weighted by Gasteiger charge is -2.04. The maximum atomic E-state index is 12.8. The van der Waals surface area contributed by atoms with Crippen molar-refractivity contribution in [3.05, 3.63) is 34.6 Å². The van der Waals surface area contributed by atoms with Gasteiger partial charge in [-0.2, -0.15) is 0 Å². The molecular weight excluding hydrogens is 191 g/mol. The highest BCUT2D eigenvalue weighted by atomic mass is 35.5. The molecule has 72 valence electrons. The number of hydrogen-bond donors (Lipinski definition) is 1. The number of aliphatic hydroxyl groups is 1. The van der Waals surface area contributed by atoms with Crippen molar-refractivity contribution in [1.82, 2.24) is 0 Å². The quantitative estimate of drug-likeness (QED) is 0.799. The van der Waals surface area contributed by atoms with Crippen molar-refractivity contribution in [3.8, 4) is 0 Å². The maximum absolute atomic E-state index is 12.8. The molecule has 0 bridgehead atoms. The molecule has 0 heterocycles. The van der Waals surface area contributed by atoms with Crippen LogP contribution in [0, 0.1) is 5.82 Å². The van der Waals surface area contributed by atoms with E-state index in [-0.39, 0.29) is 11.9 Å². The van der Waals surface area contributed by atoms with Crippen molar-refractivity contribution in [1.29, 1.82) is 0 Å². The van der Waals surface area contributed by atoms with Gasteiger partial charge in [-0.1, -0.05) is 11.6 Å². The van der Waals surface area contributed by atoms with Gasteiger partial charge in [0.25, 0.3) is 0 Å². The molecule has 1 atom stereocenters. The Hall–Kier alpha value is -0.600. The highest BCUT2D eigenvalue weighted by molar-refractivity contribution is 6.30. The fourth-order valence-corrected chi connectivity index (χ4v) is 1.38. The number of aliphatic hydroxyl groups excluding tert-OH is 1. The smallest absolute Gasteiger partial charge is 0.124 e. The van der Waals surface area contributed by atoms with Crippen LogP contribution in [-0.4, -0.2) is 11.2 Å². The van der Waals surface area contributed by atoms with E-state index in [1.807, 2.05) is 0 Å². The standard InChI is InChI=1S/C10H12ClFO/c1-7(13)2-3-8-4-9(11)6-10(12)5-8/h4-7,13H,2-3H2,1H3/t7-/m0/s1. The van der Waals surface area contributed by atoms with Gasteiger partial charge in [-0.05, 0) is 43.5 Å². The average molecular weight is 203 g/mol. The van der Waals surface area contributed by atoms with Crippen molar-refractivity contribution in [2.45, 2.75) is 25.9 Å². The molecule has 0 fully saturated rings. The number of rotatable bonds is 3. The minimum atomic E-state index is -0.359. The van der Waals surface area contributed by atoms with Gasteiger partial charge in [-0.15, -0.1) is 0 Å². The lowest BCUT2D eigenvalue weighted by atomic mass is 10.1. The second kappa shape index (κ2) is 4.58. The second-order valence-corrected chi connectivity index (χ2v) is 3.60. The van der Waals surface area contributed by atoms with Crippen LogP contribution >= 0.6 is 11.6 Å². The molecule has 0 radical (unpaired) electrons. The van der Waals surface area contributed by atoms with E-state index in [4.69, 9.17) is 16.7 Å². The molecule has 0 aromatic heterocycles. The van der Waals surface area contributed by atoms with Crippen molar-refractivity contribution in [2.75, 3.05) is 0 Å². The van der Waals surface area contributed by atoms with E-state index in [1.54, 1.807) is 13.0 Å². The minimum Gasteiger partial charge on any atom is -0.393 e. The topological polar surface area (TPSA) is 20.2 Å². The molecule has 1 aromatic carbocycles. The molecule has 1 nitrogen and oxygen atoms in total. The van der Waals surface area contributed by atoms with Gasteiger partial charge in [0.15, 0.2) is 0 Å². The first-order valence-corrected chi connectivity index (χ1v) is 4.59. The third kappa shape index (κ3) is 3.75. The first-order chi connectivity index (χ1) is 6.08. The Morgan fingerprint density at radius 2 is 2.15 bits per heavy atom. The van der Waals surface area contributed by atoms with Gasteiger partial charge in [-0.25, -0.2) is 4.39 Å².